The number of aryl methyl sites for hydroxylation is 2. The standard InChI is InChI=1S/C21H22N4O3/c1-13-9-16(15-10-14-5-3-6-18(27-2)21(14)28-12-15)24-17-11-23-25(20(13)17)8-4-7-19(22)26/h3,5-6,9-11H,4,7-8,12H2,1-2H3,(H2,22,26). The molecule has 7 nitrogen and oxygen atoms in total. The topological polar surface area (TPSA) is 92.3 Å². The van der Waals surface area contributed by atoms with E-state index in [9.17, 15) is 4.79 Å². The number of carbonyl (C=O) groups is 1. The van der Waals surface area contributed by atoms with Crippen LogP contribution < -0.4 is 15.2 Å². The molecule has 2 N–H and O–H groups in total. The molecule has 2 aromatic heterocycles. The first-order chi connectivity index (χ1) is 13.6. The number of hydrogen-bond acceptors (Lipinski definition) is 5. The number of fused-ring (bicyclic) bond motifs is 2. The quantitative estimate of drug-likeness (QED) is 0.712. The number of aromatic nitrogens is 3. The zero-order valence-electron chi connectivity index (χ0n) is 15.9. The van der Waals surface area contributed by atoms with Gasteiger partial charge in [0, 0.05) is 24.1 Å². The lowest BCUT2D eigenvalue weighted by Crippen LogP contribution is -2.12. The number of primary amides is 1. The predicted molar refractivity (Wildman–Crippen MR) is 107 cm³/mol. The number of benzene rings is 1. The van der Waals surface area contributed by atoms with E-state index in [0.717, 1.165) is 44.9 Å². The molecule has 1 aromatic carbocycles. The van der Waals surface area contributed by atoms with E-state index < -0.39 is 0 Å². The Kier molecular flexibility index (Phi) is 4.73. The van der Waals surface area contributed by atoms with Crippen molar-refractivity contribution in [1.29, 1.82) is 0 Å². The molecule has 3 aromatic rings. The highest BCUT2D eigenvalue weighted by Gasteiger charge is 2.19. The van der Waals surface area contributed by atoms with Crippen LogP contribution in [0.3, 0.4) is 0 Å². The van der Waals surface area contributed by atoms with Gasteiger partial charge in [0.1, 0.15) is 12.1 Å². The van der Waals surface area contributed by atoms with E-state index in [0.29, 0.717) is 26.0 Å². The van der Waals surface area contributed by atoms with Crippen LogP contribution in [0.5, 0.6) is 11.5 Å². The Morgan fingerprint density at radius 1 is 1.39 bits per heavy atom. The highest BCUT2D eigenvalue weighted by atomic mass is 16.5. The normalized spacial score (nSPS) is 13.0. The van der Waals surface area contributed by atoms with Crippen LogP contribution >= 0.6 is 0 Å². The number of nitrogens with zero attached hydrogens (tertiary/aromatic N) is 3. The summed E-state index contributed by atoms with van der Waals surface area (Å²) < 4.78 is 13.2. The van der Waals surface area contributed by atoms with Crippen LogP contribution in [0, 0.1) is 6.92 Å². The smallest absolute Gasteiger partial charge is 0.217 e. The molecule has 1 aliphatic heterocycles. The minimum Gasteiger partial charge on any atom is -0.493 e. The molecule has 0 atom stereocenters. The summed E-state index contributed by atoms with van der Waals surface area (Å²) in [7, 11) is 1.64. The zero-order chi connectivity index (χ0) is 19.7. The molecule has 0 saturated heterocycles. The van der Waals surface area contributed by atoms with E-state index in [1.165, 1.54) is 0 Å². The molecule has 0 bridgehead atoms. The van der Waals surface area contributed by atoms with Crippen LogP contribution in [0.15, 0.2) is 30.5 Å². The second-order valence-electron chi connectivity index (χ2n) is 6.83. The number of amides is 1. The first-order valence-electron chi connectivity index (χ1n) is 9.19. The molecule has 28 heavy (non-hydrogen) atoms. The maximum atomic E-state index is 11.0. The van der Waals surface area contributed by atoms with Gasteiger partial charge in [-0.2, -0.15) is 5.10 Å². The van der Waals surface area contributed by atoms with Gasteiger partial charge in [-0.1, -0.05) is 12.1 Å². The van der Waals surface area contributed by atoms with Crippen LogP contribution in [-0.4, -0.2) is 34.4 Å². The zero-order valence-corrected chi connectivity index (χ0v) is 15.9. The Bertz CT molecular complexity index is 1080. The van der Waals surface area contributed by atoms with E-state index >= 15 is 0 Å². The summed E-state index contributed by atoms with van der Waals surface area (Å²) in [5.41, 5.74) is 11.0. The third kappa shape index (κ3) is 3.31. The highest BCUT2D eigenvalue weighted by Crippen LogP contribution is 2.37. The van der Waals surface area contributed by atoms with Gasteiger partial charge in [0.15, 0.2) is 11.5 Å². The number of ether oxygens (including phenoxy) is 2. The summed E-state index contributed by atoms with van der Waals surface area (Å²) in [4.78, 5) is 15.7. The molecule has 3 heterocycles. The Labute approximate surface area is 162 Å². The van der Waals surface area contributed by atoms with Gasteiger partial charge in [0.2, 0.25) is 5.91 Å². The van der Waals surface area contributed by atoms with Crippen molar-refractivity contribution < 1.29 is 14.3 Å². The number of hydrogen-bond donors (Lipinski definition) is 1. The van der Waals surface area contributed by atoms with Crippen molar-refractivity contribution in [2.75, 3.05) is 13.7 Å². The highest BCUT2D eigenvalue weighted by molar-refractivity contribution is 5.88. The molecule has 0 spiro atoms. The molecule has 7 heteroatoms. The molecule has 1 aliphatic rings. The average Bonchev–Trinajstić information content (AvgIpc) is 3.10. The van der Waals surface area contributed by atoms with Crippen molar-refractivity contribution >= 4 is 28.6 Å². The summed E-state index contributed by atoms with van der Waals surface area (Å²) in [6.45, 7) is 3.10. The van der Waals surface area contributed by atoms with Crippen LogP contribution in [0.25, 0.3) is 22.7 Å². The lowest BCUT2D eigenvalue weighted by atomic mass is 10.0. The molecule has 0 aliphatic carbocycles. The summed E-state index contributed by atoms with van der Waals surface area (Å²) in [6, 6.07) is 7.88. The number of pyridine rings is 1. The van der Waals surface area contributed by atoms with Gasteiger partial charge in [-0.05, 0) is 37.1 Å². The number of rotatable bonds is 6. The third-order valence-corrected chi connectivity index (χ3v) is 4.84. The lowest BCUT2D eigenvalue weighted by molar-refractivity contribution is -0.118. The van der Waals surface area contributed by atoms with Crippen LogP contribution in [0.2, 0.25) is 0 Å². The van der Waals surface area contributed by atoms with E-state index in [-0.39, 0.29) is 5.91 Å². The molecule has 0 unspecified atom stereocenters. The van der Waals surface area contributed by atoms with Gasteiger partial charge in [-0.3, -0.25) is 9.48 Å². The minimum atomic E-state index is -0.297. The van der Waals surface area contributed by atoms with E-state index in [2.05, 4.69) is 17.2 Å². The molecule has 144 valence electrons. The Balaban J connectivity index is 1.67. The van der Waals surface area contributed by atoms with Crippen LogP contribution in [0.4, 0.5) is 0 Å². The van der Waals surface area contributed by atoms with Gasteiger partial charge < -0.3 is 15.2 Å². The van der Waals surface area contributed by atoms with Gasteiger partial charge >= 0.3 is 0 Å². The van der Waals surface area contributed by atoms with Crippen LogP contribution in [0.1, 0.15) is 29.7 Å². The monoisotopic (exact) mass is 378 g/mol. The fourth-order valence-corrected chi connectivity index (χ4v) is 3.52. The van der Waals surface area contributed by atoms with E-state index in [4.69, 9.17) is 20.2 Å². The van der Waals surface area contributed by atoms with Crippen molar-refractivity contribution in [3.05, 3.63) is 47.3 Å². The average molecular weight is 378 g/mol. The molecule has 0 saturated carbocycles. The lowest BCUT2D eigenvalue weighted by Gasteiger charge is -2.20. The summed E-state index contributed by atoms with van der Waals surface area (Å²) in [6.07, 6.45) is 4.85. The van der Waals surface area contributed by atoms with Crippen LogP contribution in [-0.2, 0) is 11.3 Å². The summed E-state index contributed by atoms with van der Waals surface area (Å²) >= 11 is 0. The number of carbonyl (C=O) groups excluding carboxylic acids is 1. The van der Waals surface area contributed by atoms with Crippen molar-refractivity contribution in [1.82, 2.24) is 14.8 Å². The van der Waals surface area contributed by atoms with Crippen molar-refractivity contribution in [2.24, 2.45) is 5.73 Å². The fourth-order valence-electron chi connectivity index (χ4n) is 3.52. The third-order valence-electron chi connectivity index (χ3n) is 4.84. The summed E-state index contributed by atoms with van der Waals surface area (Å²) in [5.74, 6) is 1.19. The SMILES string of the molecule is COc1cccc2c1OCC(c1cc(C)c3c(cnn3CCCC(N)=O)n1)=C2. The first-order valence-corrected chi connectivity index (χ1v) is 9.19. The van der Waals surface area contributed by atoms with Gasteiger partial charge in [-0.25, -0.2) is 4.98 Å². The second kappa shape index (κ2) is 7.34. The van der Waals surface area contributed by atoms with Gasteiger partial charge in [0.05, 0.1) is 24.5 Å². The molecule has 4 rings (SSSR count). The molecular formula is C21H22N4O3. The number of methoxy groups -OCH3 is 1. The maximum Gasteiger partial charge on any atom is 0.217 e. The second-order valence-corrected chi connectivity index (χ2v) is 6.83. The molecule has 1 amide bonds. The molecule has 0 fully saturated rings. The van der Waals surface area contributed by atoms with Crippen molar-refractivity contribution in [3.63, 3.8) is 0 Å². The Morgan fingerprint density at radius 3 is 3.04 bits per heavy atom. The first kappa shape index (κ1) is 18.0. The largest absolute Gasteiger partial charge is 0.493 e. The maximum absolute atomic E-state index is 11.0. The van der Waals surface area contributed by atoms with Crippen molar-refractivity contribution in [3.8, 4) is 11.5 Å². The fraction of sp³-hybridized carbons (Fsp3) is 0.286. The predicted octanol–water partition coefficient (Wildman–Crippen LogP) is 2.95. The Hall–Kier alpha value is -3.35. The van der Waals surface area contributed by atoms with E-state index in [1.807, 2.05) is 29.8 Å². The van der Waals surface area contributed by atoms with Crippen molar-refractivity contribution in [2.45, 2.75) is 26.3 Å². The summed E-state index contributed by atoms with van der Waals surface area (Å²) in [5, 5.41) is 4.43. The minimum absolute atomic E-state index is 0.297. The molecule has 0 radical (unpaired) electrons. The molecular weight excluding hydrogens is 356 g/mol. The van der Waals surface area contributed by atoms with E-state index in [1.54, 1.807) is 13.3 Å². The number of nitrogens with two attached hydrogens (primary N) is 1. The van der Waals surface area contributed by atoms with Gasteiger partial charge in [0.25, 0.3) is 0 Å². The van der Waals surface area contributed by atoms with Gasteiger partial charge in [-0.15, -0.1) is 0 Å². The number of para-hydroxylation sites is 1. The Morgan fingerprint density at radius 2 is 2.25 bits per heavy atom.